The first-order chi connectivity index (χ1) is 11.3. The van der Waals surface area contributed by atoms with Gasteiger partial charge in [0.1, 0.15) is 6.10 Å². The molecule has 0 amide bonds. The number of H-pyrrole nitrogens is 1. The predicted molar refractivity (Wildman–Crippen MR) is 84.2 cm³/mol. The fourth-order valence-corrected chi connectivity index (χ4v) is 5.65. The molecule has 1 unspecified atom stereocenters. The fourth-order valence-electron chi connectivity index (χ4n) is 3.66. The molecular formula is C14H21N2O7P. The maximum atomic E-state index is 12.7. The van der Waals surface area contributed by atoms with Crippen molar-refractivity contribution in [2.45, 2.75) is 36.9 Å². The van der Waals surface area contributed by atoms with E-state index in [1.165, 1.54) is 38.2 Å². The average Bonchev–Trinajstić information content (AvgIpc) is 3.23. The highest BCUT2D eigenvalue weighted by atomic mass is 31.2. The molecule has 1 aliphatic carbocycles. The van der Waals surface area contributed by atoms with Crippen molar-refractivity contribution < 1.29 is 23.1 Å². The van der Waals surface area contributed by atoms with Crippen molar-refractivity contribution in [3.8, 4) is 0 Å². The monoisotopic (exact) mass is 360 g/mol. The van der Waals surface area contributed by atoms with Crippen LogP contribution in [-0.2, 0) is 23.1 Å². The molecule has 1 aromatic rings. The first kappa shape index (κ1) is 17.6. The van der Waals surface area contributed by atoms with Crippen LogP contribution in [-0.4, -0.2) is 48.2 Å². The summed E-state index contributed by atoms with van der Waals surface area (Å²) in [6.45, 7) is 1.92. The SMILES string of the molecule is CO[C@H]1[C@H](n2ccc(=O)[nH]c2=O)O[C@@]2(CC2P(=O)(OC)OC)[C@H]1C. The summed E-state index contributed by atoms with van der Waals surface area (Å²) >= 11 is 0. The fraction of sp³-hybridized carbons (Fsp3) is 0.714. The third-order valence-electron chi connectivity index (χ3n) is 5.09. The number of nitrogens with one attached hydrogen (secondary N) is 1. The van der Waals surface area contributed by atoms with Gasteiger partial charge in [0.2, 0.25) is 0 Å². The van der Waals surface area contributed by atoms with Gasteiger partial charge in [0.05, 0.1) is 11.3 Å². The zero-order valence-electron chi connectivity index (χ0n) is 13.9. The van der Waals surface area contributed by atoms with E-state index in [2.05, 4.69) is 4.98 Å². The third-order valence-corrected chi connectivity index (χ3v) is 7.49. The maximum absolute atomic E-state index is 12.7. The van der Waals surface area contributed by atoms with Gasteiger partial charge in [-0.1, -0.05) is 6.92 Å². The highest BCUT2D eigenvalue weighted by Crippen LogP contribution is 2.72. The molecule has 0 radical (unpaired) electrons. The van der Waals surface area contributed by atoms with Crippen LogP contribution >= 0.6 is 7.60 Å². The van der Waals surface area contributed by atoms with Gasteiger partial charge >= 0.3 is 13.3 Å². The van der Waals surface area contributed by atoms with Gasteiger partial charge in [-0.25, -0.2) is 4.79 Å². The van der Waals surface area contributed by atoms with E-state index in [-0.39, 0.29) is 5.92 Å². The molecule has 1 aromatic heterocycles. The topological polar surface area (TPSA) is 109 Å². The summed E-state index contributed by atoms with van der Waals surface area (Å²) in [5, 5.41) is 0. The summed E-state index contributed by atoms with van der Waals surface area (Å²) in [6, 6.07) is 1.24. The van der Waals surface area contributed by atoms with Gasteiger partial charge < -0.3 is 18.5 Å². The molecule has 2 aliphatic rings. The molecule has 0 bridgehead atoms. The van der Waals surface area contributed by atoms with Gasteiger partial charge in [-0.15, -0.1) is 0 Å². The summed E-state index contributed by atoms with van der Waals surface area (Å²) in [5.74, 6) is -0.144. The number of ether oxygens (including phenoxy) is 2. The number of nitrogens with zero attached hydrogens (tertiary/aromatic N) is 1. The molecule has 1 saturated carbocycles. The van der Waals surface area contributed by atoms with Crippen molar-refractivity contribution in [1.29, 1.82) is 0 Å². The van der Waals surface area contributed by atoms with Crippen LogP contribution in [0.5, 0.6) is 0 Å². The molecule has 0 aromatic carbocycles. The van der Waals surface area contributed by atoms with Gasteiger partial charge in [0.15, 0.2) is 6.23 Å². The van der Waals surface area contributed by atoms with Crippen molar-refractivity contribution in [2.24, 2.45) is 5.92 Å². The maximum Gasteiger partial charge on any atom is 0.336 e. The van der Waals surface area contributed by atoms with E-state index >= 15 is 0 Å². The molecule has 24 heavy (non-hydrogen) atoms. The molecule has 3 rings (SSSR count). The lowest BCUT2D eigenvalue weighted by Gasteiger charge is -2.21. The summed E-state index contributed by atoms with van der Waals surface area (Å²) in [6.07, 6.45) is 0.678. The van der Waals surface area contributed by atoms with Crippen LogP contribution in [0.15, 0.2) is 21.9 Å². The van der Waals surface area contributed by atoms with E-state index in [0.29, 0.717) is 6.42 Å². The summed E-state index contributed by atoms with van der Waals surface area (Å²) in [4.78, 5) is 25.5. The molecule has 9 nitrogen and oxygen atoms in total. The zero-order valence-corrected chi connectivity index (χ0v) is 14.8. The van der Waals surface area contributed by atoms with Crippen LogP contribution in [0.2, 0.25) is 0 Å². The lowest BCUT2D eigenvalue weighted by atomic mass is 9.98. The van der Waals surface area contributed by atoms with E-state index < -0.39 is 42.4 Å². The van der Waals surface area contributed by atoms with Gasteiger partial charge in [0, 0.05) is 39.5 Å². The molecular weight excluding hydrogens is 339 g/mol. The third kappa shape index (κ3) is 2.43. The number of hydrogen-bond donors (Lipinski definition) is 1. The molecule has 1 saturated heterocycles. The standard InChI is InChI=1S/C14H21N2O7P/c1-8-11(20-2)12(16-6-5-10(17)15-13(16)18)23-14(8)7-9(14)24(19,21-3)22-4/h5-6,8-9,11-12H,7H2,1-4H3,(H,15,17,18)/t8-,9?,11+,12+,14-/m0/s1. The Kier molecular flexibility index (Phi) is 4.34. The number of hydrogen-bond acceptors (Lipinski definition) is 7. The molecule has 1 aliphatic heterocycles. The van der Waals surface area contributed by atoms with Crippen LogP contribution < -0.4 is 11.2 Å². The Morgan fingerprint density at radius 3 is 2.54 bits per heavy atom. The molecule has 1 N–H and O–H groups in total. The Labute approximate surface area is 138 Å². The smallest absolute Gasteiger partial charge is 0.336 e. The Bertz CT molecular complexity index is 782. The Balaban J connectivity index is 1.96. The van der Waals surface area contributed by atoms with E-state index in [9.17, 15) is 14.2 Å². The van der Waals surface area contributed by atoms with Gasteiger partial charge in [-0.3, -0.25) is 18.9 Å². The minimum Gasteiger partial charge on any atom is -0.376 e. The lowest BCUT2D eigenvalue weighted by Crippen LogP contribution is -2.36. The van der Waals surface area contributed by atoms with Crippen molar-refractivity contribution in [2.75, 3.05) is 21.3 Å². The molecule has 134 valence electrons. The van der Waals surface area contributed by atoms with Crippen molar-refractivity contribution in [3.63, 3.8) is 0 Å². The normalized spacial score (nSPS) is 35.5. The lowest BCUT2D eigenvalue weighted by molar-refractivity contribution is -0.0601. The van der Waals surface area contributed by atoms with Crippen molar-refractivity contribution in [3.05, 3.63) is 33.1 Å². The van der Waals surface area contributed by atoms with Crippen LogP contribution in [0, 0.1) is 5.92 Å². The first-order valence-corrected chi connectivity index (χ1v) is 9.17. The summed E-state index contributed by atoms with van der Waals surface area (Å²) in [7, 11) is 0.912. The second kappa shape index (κ2) is 5.93. The van der Waals surface area contributed by atoms with E-state index in [1.54, 1.807) is 0 Å². The first-order valence-electron chi connectivity index (χ1n) is 7.56. The highest BCUT2D eigenvalue weighted by Gasteiger charge is 2.74. The number of methoxy groups -OCH3 is 1. The van der Waals surface area contributed by atoms with E-state index in [0.717, 1.165) is 0 Å². The predicted octanol–water partition coefficient (Wildman–Crippen LogP) is 0.714. The van der Waals surface area contributed by atoms with E-state index in [1.807, 2.05) is 6.92 Å². The average molecular weight is 360 g/mol. The summed E-state index contributed by atoms with van der Waals surface area (Å²) in [5.41, 5.74) is -2.24. The van der Waals surface area contributed by atoms with Gasteiger partial charge in [0.25, 0.3) is 5.56 Å². The highest BCUT2D eigenvalue weighted by molar-refractivity contribution is 7.55. The number of rotatable bonds is 5. The minimum atomic E-state index is -3.29. The minimum absolute atomic E-state index is 0.144. The largest absolute Gasteiger partial charge is 0.376 e. The number of aromatic amines is 1. The van der Waals surface area contributed by atoms with Crippen LogP contribution in [0.25, 0.3) is 0 Å². The zero-order chi connectivity index (χ0) is 17.7. The van der Waals surface area contributed by atoms with Crippen molar-refractivity contribution in [1.82, 2.24) is 9.55 Å². The van der Waals surface area contributed by atoms with Gasteiger partial charge in [-0.05, 0) is 6.42 Å². The Morgan fingerprint density at radius 1 is 1.33 bits per heavy atom. The Morgan fingerprint density at radius 2 is 2.00 bits per heavy atom. The number of aromatic nitrogens is 2. The second-order valence-corrected chi connectivity index (χ2v) is 8.53. The molecule has 2 fully saturated rings. The van der Waals surface area contributed by atoms with E-state index in [4.69, 9.17) is 18.5 Å². The molecule has 5 atom stereocenters. The second-order valence-electron chi connectivity index (χ2n) is 6.09. The molecule has 2 heterocycles. The van der Waals surface area contributed by atoms with Crippen LogP contribution in [0.1, 0.15) is 19.6 Å². The van der Waals surface area contributed by atoms with Crippen molar-refractivity contribution >= 4 is 7.60 Å². The van der Waals surface area contributed by atoms with Crippen LogP contribution in [0.4, 0.5) is 0 Å². The quantitative estimate of drug-likeness (QED) is 0.771. The molecule has 1 spiro atoms. The van der Waals surface area contributed by atoms with Gasteiger partial charge in [-0.2, -0.15) is 0 Å². The summed E-state index contributed by atoms with van der Waals surface area (Å²) < 4.78 is 35.8. The molecule has 10 heteroatoms. The van der Waals surface area contributed by atoms with Crippen LogP contribution in [0.3, 0.4) is 0 Å². The Hall–Kier alpha value is -1.25.